The normalized spacial score (nSPS) is 13.8. The van der Waals surface area contributed by atoms with Gasteiger partial charge >= 0.3 is 5.69 Å². The molecule has 2 N–H and O–H groups in total. The summed E-state index contributed by atoms with van der Waals surface area (Å²) in [7, 11) is 0. The van der Waals surface area contributed by atoms with Gasteiger partial charge in [-0.1, -0.05) is 23.8 Å². The molecule has 29 heavy (non-hydrogen) atoms. The molecular weight excluding hydrogens is 368 g/mol. The van der Waals surface area contributed by atoms with E-state index >= 15 is 0 Å². The first-order valence-electron chi connectivity index (χ1n) is 9.61. The van der Waals surface area contributed by atoms with Crippen molar-refractivity contribution in [2.75, 3.05) is 6.54 Å². The summed E-state index contributed by atoms with van der Waals surface area (Å²) in [6, 6.07) is 13.1. The van der Waals surface area contributed by atoms with Crippen LogP contribution in [0.15, 0.2) is 52.1 Å². The summed E-state index contributed by atoms with van der Waals surface area (Å²) in [6.07, 6.45) is 0.746. The van der Waals surface area contributed by atoms with E-state index in [-0.39, 0.29) is 12.5 Å². The number of H-pyrrole nitrogens is 2. The maximum absolute atomic E-state index is 13.0. The lowest BCUT2D eigenvalue weighted by Crippen LogP contribution is -2.41. The van der Waals surface area contributed by atoms with Crippen LogP contribution in [0.3, 0.4) is 0 Å². The van der Waals surface area contributed by atoms with Gasteiger partial charge in [0.25, 0.3) is 5.56 Å². The minimum Gasteiger partial charge on any atom is -0.358 e. The van der Waals surface area contributed by atoms with Crippen molar-refractivity contribution in [2.24, 2.45) is 0 Å². The molecular formula is C22H20N4O3. The summed E-state index contributed by atoms with van der Waals surface area (Å²) in [6.45, 7) is 3.05. The molecule has 4 aromatic rings. The van der Waals surface area contributed by atoms with E-state index in [1.54, 1.807) is 29.2 Å². The van der Waals surface area contributed by atoms with Crippen LogP contribution in [0.4, 0.5) is 0 Å². The number of fused-ring (bicyclic) bond motifs is 4. The Morgan fingerprint density at radius 1 is 1.07 bits per heavy atom. The Kier molecular flexibility index (Phi) is 3.91. The number of aromatic nitrogens is 3. The third-order valence-electron chi connectivity index (χ3n) is 5.68. The second-order valence-corrected chi connectivity index (χ2v) is 7.56. The largest absolute Gasteiger partial charge is 0.358 e. The molecule has 3 heterocycles. The Balaban J connectivity index is 1.48. The number of aryl methyl sites for hydroxylation is 1. The second kappa shape index (κ2) is 6.48. The monoisotopic (exact) mass is 388 g/mol. The summed E-state index contributed by atoms with van der Waals surface area (Å²) >= 11 is 0. The average molecular weight is 388 g/mol. The van der Waals surface area contributed by atoms with E-state index in [0.717, 1.165) is 22.9 Å². The zero-order valence-corrected chi connectivity index (χ0v) is 16.0. The molecule has 0 saturated carbocycles. The van der Waals surface area contributed by atoms with Crippen molar-refractivity contribution in [3.63, 3.8) is 0 Å². The van der Waals surface area contributed by atoms with Gasteiger partial charge in [-0.05, 0) is 31.2 Å². The van der Waals surface area contributed by atoms with Crippen LogP contribution in [-0.2, 0) is 24.3 Å². The SMILES string of the molecule is Cc1ccc2[nH]c3c(c2c1)CN(C(=O)Cn1c(=O)[nH]c(=O)c2ccccc21)CC3. The lowest BCUT2D eigenvalue weighted by molar-refractivity contribution is -0.132. The summed E-state index contributed by atoms with van der Waals surface area (Å²) in [4.78, 5) is 45.0. The fraction of sp³-hybridized carbons (Fsp3) is 0.227. The van der Waals surface area contributed by atoms with Crippen LogP contribution >= 0.6 is 0 Å². The Bertz CT molecular complexity index is 1390. The molecule has 0 bridgehead atoms. The summed E-state index contributed by atoms with van der Waals surface area (Å²) in [5.41, 5.74) is 4.03. The number of nitrogens with zero attached hydrogens (tertiary/aromatic N) is 2. The topological polar surface area (TPSA) is 91.0 Å². The van der Waals surface area contributed by atoms with E-state index in [1.165, 1.54) is 15.8 Å². The van der Waals surface area contributed by atoms with Crippen molar-refractivity contribution >= 4 is 27.7 Å². The van der Waals surface area contributed by atoms with Crippen molar-refractivity contribution in [1.82, 2.24) is 19.4 Å². The van der Waals surface area contributed by atoms with Gasteiger partial charge in [0.2, 0.25) is 5.91 Å². The fourth-order valence-corrected chi connectivity index (χ4v) is 4.18. The predicted molar refractivity (Wildman–Crippen MR) is 111 cm³/mol. The van der Waals surface area contributed by atoms with Crippen molar-refractivity contribution in [3.8, 4) is 0 Å². The molecule has 0 spiro atoms. The molecule has 0 fully saturated rings. The first-order chi connectivity index (χ1) is 14.0. The summed E-state index contributed by atoms with van der Waals surface area (Å²) < 4.78 is 1.34. The van der Waals surface area contributed by atoms with E-state index in [2.05, 4.69) is 35.1 Å². The van der Waals surface area contributed by atoms with Gasteiger partial charge in [0.15, 0.2) is 0 Å². The van der Waals surface area contributed by atoms with Gasteiger partial charge < -0.3 is 9.88 Å². The number of aromatic amines is 2. The smallest absolute Gasteiger partial charge is 0.329 e. The predicted octanol–water partition coefficient (Wildman–Crippen LogP) is 2.06. The van der Waals surface area contributed by atoms with E-state index in [9.17, 15) is 14.4 Å². The van der Waals surface area contributed by atoms with Gasteiger partial charge in [0, 0.05) is 41.7 Å². The van der Waals surface area contributed by atoms with E-state index in [0.29, 0.717) is 24.0 Å². The zero-order valence-electron chi connectivity index (χ0n) is 16.0. The van der Waals surface area contributed by atoms with Crippen LogP contribution in [0.5, 0.6) is 0 Å². The highest BCUT2D eigenvalue weighted by atomic mass is 16.2. The zero-order chi connectivity index (χ0) is 20.1. The van der Waals surface area contributed by atoms with Crippen LogP contribution in [-0.4, -0.2) is 31.9 Å². The number of benzene rings is 2. The molecule has 0 atom stereocenters. The van der Waals surface area contributed by atoms with Crippen LogP contribution in [0.2, 0.25) is 0 Å². The van der Waals surface area contributed by atoms with Gasteiger partial charge in [-0.25, -0.2) is 4.79 Å². The molecule has 1 aliphatic heterocycles. The standard InChI is InChI=1S/C22H20N4O3/c1-13-6-7-17-15(10-13)16-11-25(9-8-18(16)23-17)20(27)12-26-19-5-3-2-4-14(19)21(28)24-22(26)29/h2-7,10,23H,8-9,11-12H2,1H3,(H,24,28,29). The number of nitrogens with one attached hydrogen (secondary N) is 2. The number of para-hydroxylation sites is 1. The number of amides is 1. The molecule has 0 saturated heterocycles. The van der Waals surface area contributed by atoms with Gasteiger partial charge in [-0.3, -0.25) is 19.1 Å². The fourth-order valence-electron chi connectivity index (χ4n) is 4.18. The second-order valence-electron chi connectivity index (χ2n) is 7.56. The van der Waals surface area contributed by atoms with E-state index in [4.69, 9.17) is 0 Å². The van der Waals surface area contributed by atoms with Crippen LogP contribution in [0.1, 0.15) is 16.8 Å². The number of carbonyl (C=O) groups is 1. The van der Waals surface area contributed by atoms with E-state index < -0.39 is 11.2 Å². The third-order valence-corrected chi connectivity index (χ3v) is 5.68. The molecule has 0 unspecified atom stereocenters. The average Bonchev–Trinajstić information content (AvgIpc) is 3.08. The van der Waals surface area contributed by atoms with Gasteiger partial charge in [-0.15, -0.1) is 0 Å². The molecule has 2 aromatic carbocycles. The van der Waals surface area contributed by atoms with Gasteiger partial charge in [0.05, 0.1) is 10.9 Å². The highest BCUT2D eigenvalue weighted by Crippen LogP contribution is 2.28. The van der Waals surface area contributed by atoms with E-state index in [1.807, 2.05) is 0 Å². The maximum atomic E-state index is 13.0. The Hall–Kier alpha value is -3.61. The first-order valence-corrected chi connectivity index (χ1v) is 9.61. The molecule has 2 aromatic heterocycles. The minimum atomic E-state index is -0.567. The maximum Gasteiger partial charge on any atom is 0.329 e. The van der Waals surface area contributed by atoms with Crippen molar-refractivity contribution in [2.45, 2.75) is 26.4 Å². The molecule has 7 heteroatoms. The molecule has 7 nitrogen and oxygen atoms in total. The number of carbonyl (C=O) groups excluding carboxylic acids is 1. The molecule has 5 rings (SSSR count). The summed E-state index contributed by atoms with van der Waals surface area (Å²) in [5.74, 6) is -0.142. The highest BCUT2D eigenvalue weighted by Gasteiger charge is 2.25. The molecule has 1 aliphatic rings. The number of hydrogen-bond donors (Lipinski definition) is 2. The molecule has 0 radical (unpaired) electrons. The quantitative estimate of drug-likeness (QED) is 0.551. The summed E-state index contributed by atoms with van der Waals surface area (Å²) in [5, 5.41) is 1.54. The molecule has 146 valence electrons. The van der Waals surface area contributed by atoms with Crippen molar-refractivity contribution in [1.29, 1.82) is 0 Å². The van der Waals surface area contributed by atoms with Crippen LogP contribution in [0.25, 0.3) is 21.8 Å². The lowest BCUT2D eigenvalue weighted by atomic mass is 10.0. The number of hydrogen-bond acceptors (Lipinski definition) is 3. The van der Waals surface area contributed by atoms with Crippen LogP contribution in [0, 0.1) is 6.92 Å². The van der Waals surface area contributed by atoms with Crippen LogP contribution < -0.4 is 11.2 Å². The van der Waals surface area contributed by atoms with Gasteiger partial charge in [-0.2, -0.15) is 0 Å². The Morgan fingerprint density at radius 3 is 2.76 bits per heavy atom. The lowest BCUT2D eigenvalue weighted by Gasteiger charge is -2.27. The van der Waals surface area contributed by atoms with Gasteiger partial charge in [0.1, 0.15) is 6.54 Å². The van der Waals surface area contributed by atoms with Crippen molar-refractivity contribution < 1.29 is 4.79 Å². The number of rotatable bonds is 2. The third kappa shape index (κ3) is 2.86. The first kappa shape index (κ1) is 17.5. The van der Waals surface area contributed by atoms with Crippen molar-refractivity contribution in [3.05, 3.63) is 80.1 Å². The Labute approximate surface area is 165 Å². The molecule has 1 amide bonds. The minimum absolute atomic E-state index is 0.104. The Morgan fingerprint density at radius 2 is 1.90 bits per heavy atom. The highest BCUT2D eigenvalue weighted by molar-refractivity contribution is 5.87. The molecule has 0 aliphatic carbocycles.